The summed E-state index contributed by atoms with van der Waals surface area (Å²) in [6, 6.07) is 0.894. The fourth-order valence-electron chi connectivity index (χ4n) is 1.40. The molecule has 0 aliphatic carbocycles. The van der Waals surface area contributed by atoms with Crippen LogP contribution in [0.2, 0.25) is 0 Å². The van der Waals surface area contributed by atoms with Crippen LogP contribution in [-0.2, 0) is 0 Å². The number of hydrogen-bond donors (Lipinski definition) is 0. The van der Waals surface area contributed by atoms with Gasteiger partial charge in [0.2, 0.25) is 0 Å². The lowest BCUT2D eigenvalue weighted by molar-refractivity contribution is 0.0961. The number of rotatable bonds is 0. The molecule has 0 radical (unpaired) electrons. The Kier molecular flexibility index (Phi) is 2.42. The second-order valence-electron chi connectivity index (χ2n) is 3.31. The van der Waals surface area contributed by atoms with Crippen LogP contribution in [0.5, 0.6) is 0 Å². The third-order valence-electron chi connectivity index (χ3n) is 2.24. The molecule has 0 saturated carbocycles. The Morgan fingerprint density at radius 3 is 2.80 bits per heavy atom. The lowest BCUT2D eigenvalue weighted by atomic mass is 9.96. The van der Waals surface area contributed by atoms with Crippen LogP contribution in [0.3, 0.4) is 0 Å². The van der Waals surface area contributed by atoms with Crippen molar-refractivity contribution in [2.24, 2.45) is 10.9 Å². The van der Waals surface area contributed by atoms with Crippen LogP contribution in [0.4, 0.5) is 14.5 Å². The van der Waals surface area contributed by atoms with E-state index in [0.717, 1.165) is 6.07 Å². The van der Waals surface area contributed by atoms with Crippen LogP contribution >= 0.6 is 15.9 Å². The number of Topliss-reactive ketones (excluding diaryl/α,β-unsaturated/α-hetero) is 1. The zero-order valence-electron chi connectivity index (χ0n) is 7.72. The van der Waals surface area contributed by atoms with Crippen molar-refractivity contribution in [2.45, 2.75) is 6.92 Å². The van der Waals surface area contributed by atoms with Gasteiger partial charge in [0.1, 0.15) is 0 Å². The zero-order valence-corrected chi connectivity index (χ0v) is 9.31. The maximum absolute atomic E-state index is 13.1. The molecule has 0 aromatic heterocycles. The molecule has 78 valence electrons. The smallest absolute Gasteiger partial charge is 0.175 e. The summed E-state index contributed by atoms with van der Waals surface area (Å²) < 4.78 is 26.1. The minimum Gasteiger partial charge on any atom is -0.293 e. The molecular formula is C10H6BrF2NO. The molecule has 0 N–H and O–H groups in total. The van der Waals surface area contributed by atoms with Gasteiger partial charge in [0.05, 0.1) is 16.1 Å². The first-order valence-corrected chi connectivity index (χ1v) is 5.07. The number of ketones is 1. The average Bonchev–Trinajstić information content (AvgIpc) is 2.21. The van der Waals surface area contributed by atoms with E-state index in [1.807, 2.05) is 0 Å². The number of aliphatic imine (C=N–C) groups is 1. The quantitative estimate of drug-likeness (QED) is 0.667. The molecule has 1 atom stereocenters. The van der Waals surface area contributed by atoms with Gasteiger partial charge in [-0.2, -0.15) is 0 Å². The number of halogens is 3. The first kappa shape index (κ1) is 10.4. The minimum atomic E-state index is -1.04. The van der Waals surface area contributed by atoms with Crippen LogP contribution in [0.1, 0.15) is 17.3 Å². The predicted molar refractivity (Wildman–Crippen MR) is 55.7 cm³/mol. The van der Waals surface area contributed by atoms with Gasteiger partial charge in [-0.3, -0.25) is 9.79 Å². The largest absolute Gasteiger partial charge is 0.293 e. The normalized spacial score (nSPS) is 19.2. The van der Waals surface area contributed by atoms with Gasteiger partial charge in [-0.15, -0.1) is 0 Å². The second-order valence-corrected chi connectivity index (χ2v) is 4.11. The molecule has 0 amide bonds. The van der Waals surface area contributed by atoms with E-state index < -0.39 is 17.6 Å². The lowest BCUT2D eigenvalue weighted by Crippen LogP contribution is -2.17. The molecule has 2 nitrogen and oxygen atoms in total. The zero-order chi connectivity index (χ0) is 11.2. The summed E-state index contributed by atoms with van der Waals surface area (Å²) in [5.41, 5.74) is 0.285. The standard InChI is InChI=1S/C10H6BrF2NO/c1-4-3-14-9-5(10(4)15)2-6(12)8(13)7(9)11/h2-4H,1H3. The Morgan fingerprint density at radius 2 is 2.13 bits per heavy atom. The number of carbonyl (C=O) groups excluding carboxylic acids is 1. The summed E-state index contributed by atoms with van der Waals surface area (Å²) >= 11 is 2.88. The molecule has 1 unspecified atom stereocenters. The average molecular weight is 274 g/mol. The van der Waals surface area contributed by atoms with Crippen molar-refractivity contribution >= 4 is 33.6 Å². The fraction of sp³-hybridized carbons (Fsp3) is 0.200. The summed E-state index contributed by atoms with van der Waals surface area (Å²) in [4.78, 5) is 15.6. The molecule has 1 aliphatic rings. The first-order valence-electron chi connectivity index (χ1n) is 4.28. The summed E-state index contributed by atoms with van der Waals surface area (Å²) in [6.07, 6.45) is 1.42. The number of benzene rings is 1. The summed E-state index contributed by atoms with van der Waals surface area (Å²) in [5, 5.41) is 0. The maximum Gasteiger partial charge on any atom is 0.175 e. The highest BCUT2D eigenvalue weighted by molar-refractivity contribution is 9.10. The minimum absolute atomic E-state index is 0.103. The van der Waals surface area contributed by atoms with E-state index in [2.05, 4.69) is 20.9 Å². The van der Waals surface area contributed by atoms with Crippen molar-refractivity contribution in [1.29, 1.82) is 0 Å². The highest BCUT2D eigenvalue weighted by Crippen LogP contribution is 2.36. The van der Waals surface area contributed by atoms with E-state index >= 15 is 0 Å². The van der Waals surface area contributed by atoms with Gasteiger partial charge in [0.25, 0.3) is 0 Å². The molecule has 2 rings (SSSR count). The van der Waals surface area contributed by atoms with Crippen molar-refractivity contribution < 1.29 is 13.6 Å². The Hall–Kier alpha value is -1.10. The Labute approximate surface area is 93.1 Å². The Bertz CT molecular complexity index is 485. The lowest BCUT2D eigenvalue weighted by Gasteiger charge is -2.15. The third kappa shape index (κ3) is 1.51. The number of nitrogens with zero attached hydrogens (tertiary/aromatic N) is 1. The molecular weight excluding hydrogens is 268 g/mol. The van der Waals surface area contributed by atoms with Crippen molar-refractivity contribution in [3.8, 4) is 0 Å². The van der Waals surface area contributed by atoms with E-state index in [1.54, 1.807) is 6.92 Å². The van der Waals surface area contributed by atoms with Gasteiger partial charge >= 0.3 is 0 Å². The highest BCUT2D eigenvalue weighted by atomic mass is 79.9. The monoisotopic (exact) mass is 273 g/mol. The van der Waals surface area contributed by atoms with E-state index in [9.17, 15) is 13.6 Å². The molecule has 0 bridgehead atoms. The van der Waals surface area contributed by atoms with Crippen molar-refractivity contribution in [1.82, 2.24) is 0 Å². The fourth-order valence-corrected chi connectivity index (χ4v) is 1.90. The SMILES string of the molecule is CC1C=Nc2c(cc(F)c(F)c2Br)C1=O. The molecule has 0 saturated heterocycles. The van der Waals surface area contributed by atoms with Crippen LogP contribution in [0, 0.1) is 17.6 Å². The first-order chi connectivity index (χ1) is 7.02. The third-order valence-corrected chi connectivity index (χ3v) is 2.97. The predicted octanol–water partition coefficient (Wildman–Crippen LogP) is 3.26. The van der Waals surface area contributed by atoms with Gasteiger partial charge in [-0.05, 0) is 22.0 Å². The Balaban J connectivity index is 2.74. The molecule has 1 aromatic carbocycles. The molecule has 0 spiro atoms. The molecule has 0 fully saturated rings. The maximum atomic E-state index is 13.1. The van der Waals surface area contributed by atoms with Crippen LogP contribution < -0.4 is 0 Å². The second kappa shape index (κ2) is 3.48. The molecule has 1 heterocycles. The van der Waals surface area contributed by atoms with Gasteiger partial charge < -0.3 is 0 Å². The van der Waals surface area contributed by atoms with Gasteiger partial charge in [-0.1, -0.05) is 6.92 Å². The van der Waals surface area contributed by atoms with Gasteiger partial charge in [0, 0.05) is 11.8 Å². The van der Waals surface area contributed by atoms with Crippen molar-refractivity contribution in [3.05, 3.63) is 27.7 Å². The van der Waals surface area contributed by atoms with Crippen molar-refractivity contribution in [3.63, 3.8) is 0 Å². The van der Waals surface area contributed by atoms with E-state index in [-0.39, 0.29) is 21.5 Å². The molecule has 1 aliphatic heterocycles. The number of hydrogen-bond acceptors (Lipinski definition) is 2. The van der Waals surface area contributed by atoms with Crippen LogP contribution in [-0.4, -0.2) is 12.0 Å². The molecule has 15 heavy (non-hydrogen) atoms. The van der Waals surface area contributed by atoms with Gasteiger partial charge in [-0.25, -0.2) is 8.78 Å². The number of carbonyl (C=O) groups is 1. The molecule has 1 aromatic rings. The van der Waals surface area contributed by atoms with Crippen LogP contribution in [0.15, 0.2) is 15.5 Å². The highest BCUT2D eigenvalue weighted by Gasteiger charge is 2.26. The van der Waals surface area contributed by atoms with Crippen LogP contribution in [0.25, 0.3) is 0 Å². The van der Waals surface area contributed by atoms with Crippen molar-refractivity contribution in [2.75, 3.05) is 0 Å². The molecule has 5 heteroatoms. The summed E-state index contributed by atoms with van der Waals surface area (Å²) in [5.74, 6) is -2.71. The van der Waals surface area contributed by atoms with Gasteiger partial charge in [0.15, 0.2) is 17.4 Å². The summed E-state index contributed by atoms with van der Waals surface area (Å²) in [7, 11) is 0. The summed E-state index contributed by atoms with van der Waals surface area (Å²) in [6.45, 7) is 1.66. The number of fused-ring (bicyclic) bond motifs is 1. The topological polar surface area (TPSA) is 29.4 Å². The van der Waals surface area contributed by atoms with E-state index in [4.69, 9.17) is 0 Å². The van der Waals surface area contributed by atoms with E-state index in [0.29, 0.717) is 0 Å². The van der Waals surface area contributed by atoms with E-state index in [1.165, 1.54) is 6.21 Å². The Morgan fingerprint density at radius 1 is 1.47 bits per heavy atom.